The molecule has 0 saturated heterocycles. The van der Waals surface area contributed by atoms with E-state index in [1.165, 1.54) is 5.56 Å². The second-order valence-electron chi connectivity index (χ2n) is 5.50. The van der Waals surface area contributed by atoms with Gasteiger partial charge in [0.2, 0.25) is 0 Å². The molecule has 20 heavy (non-hydrogen) atoms. The van der Waals surface area contributed by atoms with Gasteiger partial charge in [0, 0.05) is 12.1 Å². The number of para-hydroxylation sites is 1. The zero-order valence-corrected chi connectivity index (χ0v) is 12.5. The number of nitrogens with one attached hydrogen (secondary N) is 1. The van der Waals surface area contributed by atoms with Crippen molar-refractivity contribution in [2.24, 2.45) is 0 Å². The molecular formula is C18H23NO. The second-order valence-corrected chi connectivity index (χ2v) is 5.50. The molecule has 0 heterocycles. The SMILES string of the molecule is CCNCC(C)(C)Oc1ccccc1-c1ccccc1. The van der Waals surface area contributed by atoms with E-state index in [9.17, 15) is 0 Å². The lowest BCUT2D eigenvalue weighted by molar-refractivity contribution is 0.109. The van der Waals surface area contributed by atoms with Gasteiger partial charge in [-0.25, -0.2) is 0 Å². The lowest BCUT2D eigenvalue weighted by Crippen LogP contribution is -2.40. The molecule has 0 atom stereocenters. The highest BCUT2D eigenvalue weighted by atomic mass is 16.5. The molecule has 2 aromatic rings. The van der Waals surface area contributed by atoms with Crippen LogP contribution in [0.15, 0.2) is 54.6 Å². The second kappa shape index (κ2) is 6.58. The number of likely N-dealkylation sites (N-methyl/N-ethyl adjacent to an activating group) is 1. The molecule has 0 bridgehead atoms. The molecule has 0 aliphatic carbocycles. The molecule has 0 aliphatic heterocycles. The Balaban J connectivity index is 2.25. The van der Waals surface area contributed by atoms with Crippen molar-refractivity contribution in [1.82, 2.24) is 5.32 Å². The number of rotatable bonds is 6. The van der Waals surface area contributed by atoms with Gasteiger partial charge in [-0.3, -0.25) is 0 Å². The summed E-state index contributed by atoms with van der Waals surface area (Å²) in [5.74, 6) is 0.932. The Bertz CT molecular complexity index is 534. The molecule has 0 spiro atoms. The van der Waals surface area contributed by atoms with Crippen LogP contribution in [0.1, 0.15) is 20.8 Å². The molecule has 1 N–H and O–H groups in total. The Morgan fingerprint density at radius 2 is 1.60 bits per heavy atom. The van der Waals surface area contributed by atoms with Gasteiger partial charge in [0.25, 0.3) is 0 Å². The van der Waals surface area contributed by atoms with Gasteiger partial charge in [-0.15, -0.1) is 0 Å². The summed E-state index contributed by atoms with van der Waals surface area (Å²) >= 11 is 0. The first-order valence-corrected chi connectivity index (χ1v) is 7.16. The van der Waals surface area contributed by atoms with E-state index in [0.717, 1.165) is 24.4 Å². The third kappa shape index (κ3) is 3.84. The fraction of sp³-hybridized carbons (Fsp3) is 0.333. The van der Waals surface area contributed by atoms with Crippen LogP contribution in [-0.2, 0) is 0 Å². The van der Waals surface area contributed by atoms with E-state index in [2.05, 4.69) is 56.4 Å². The number of ether oxygens (including phenoxy) is 1. The van der Waals surface area contributed by atoms with Gasteiger partial charge in [-0.05, 0) is 32.0 Å². The zero-order chi connectivity index (χ0) is 14.4. The molecule has 106 valence electrons. The van der Waals surface area contributed by atoms with E-state index >= 15 is 0 Å². The molecule has 0 saturated carbocycles. The van der Waals surface area contributed by atoms with Crippen molar-refractivity contribution in [2.75, 3.05) is 13.1 Å². The number of benzene rings is 2. The molecule has 2 nitrogen and oxygen atoms in total. The Hall–Kier alpha value is -1.80. The first kappa shape index (κ1) is 14.6. The largest absolute Gasteiger partial charge is 0.486 e. The Morgan fingerprint density at radius 1 is 0.950 bits per heavy atom. The van der Waals surface area contributed by atoms with E-state index in [4.69, 9.17) is 4.74 Å². The maximum atomic E-state index is 6.23. The lowest BCUT2D eigenvalue weighted by atomic mass is 10.0. The monoisotopic (exact) mass is 269 g/mol. The van der Waals surface area contributed by atoms with E-state index in [1.54, 1.807) is 0 Å². The van der Waals surface area contributed by atoms with Gasteiger partial charge < -0.3 is 10.1 Å². The molecule has 0 aliphatic rings. The normalized spacial score (nSPS) is 11.3. The Kier molecular flexibility index (Phi) is 4.80. The third-order valence-electron chi connectivity index (χ3n) is 3.16. The van der Waals surface area contributed by atoms with Gasteiger partial charge in [0.05, 0.1) is 0 Å². The summed E-state index contributed by atoms with van der Waals surface area (Å²) in [6, 6.07) is 18.6. The standard InChI is InChI=1S/C18H23NO/c1-4-19-14-18(2,3)20-17-13-9-8-12-16(17)15-10-6-5-7-11-15/h5-13,19H,4,14H2,1-3H3. The van der Waals surface area contributed by atoms with Crippen LogP contribution in [0.2, 0.25) is 0 Å². The highest BCUT2D eigenvalue weighted by Crippen LogP contribution is 2.31. The minimum absolute atomic E-state index is 0.235. The first-order chi connectivity index (χ1) is 9.62. The highest BCUT2D eigenvalue weighted by molar-refractivity contribution is 5.70. The molecule has 0 aromatic heterocycles. The summed E-state index contributed by atoms with van der Waals surface area (Å²) < 4.78 is 6.23. The van der Waals surface area contributed by atoms with Crippen molar-refractivity contribution >= 4 is 0 Å². The van der Waals surface area contributed by atoms with Crippen LogP contribution in [0.25, 0.3) is 11.1 Å². The molecule has 2 heteroatoms. The molecule has 0 radical (unpaired) electrons. The Morgan fingerprint density at radius 3 is 2.30 bits per heavy atom. The minimum atomic E-state index is -0.235. The van der Waals surface area contributed by atoms with E-state index in [-0.39, 0.29) is 5.60 Å². The number of hydrogen-bond donors (Lipinski definition) is 1. The fourth-order valence-electron chi connectivity index (χ4n) is 2.17. The van der Waals surface area contributed by atoms with Gasteiger partial charge >= 0.3 is 0 Å². The van der Waals surface area contributed by atoms with Crippen molar-refractivity contribution < 1.29 is 4.74 Å². The van der Waals surface area contributed by atoms with Crippen molar-refractivity contribution in [3.8, 4) is 16.9 Å². The van der Waals surface area contributed by atoms with Crippen LogP contribution in [-0.4, -0.2) is 18.7 Å². The first-order valence-electron chi connectivity index (χ1n) is 7.16. The van der Waals surface area contributed by atoms with Gasteiger partial charge in [-0.1, -0.05) is 55.5 Å². The van der Waals surface area contributed by atoms with Crippen molar-refractivity contribution in [2.45, 2.75) is 26.4 Å². The van der Waals surface area contributed by atoms with Crippen LogP contribution in [0.5, 0.6) is 5.75 Å². The summed E-state index contributed by atoms with van der Waals surface area (Å²) in [5.41, 5.74) is 2.08. The van der Waals surface area contributed by atoms with Crippen LogP contribution in [0.3, 0.4) is 0 Å². The van der Waals surface area contributed by atoms with Crippen LogP contribution in [0.4, 0.5) is 0 Å². The molecule has 0 amide bonds. The molecular weight excluding hydrogens is 246 g/mol. The molecule has 0 fully saturated rings. The van der Waals surface area contributed by atoms with Crippen molar-refractivity contribution in [3.63, 3.8) is 0 Å². The average molecular weight is 269 g/mol. The summed E-state index contributed by atoms with van der Waals surface area (Å²) in [4.78, 5) is 0. The third-order valence-corrected chi connectivity index (χ3v) is 3.16. The van der Waals surface area contributed by atoms with E-state index in [1.807, 2.05) is 24.3 Å². The maximum Gasteiger partial charge on any atom is 0.128 e. The minimum Gasteiger partial charge on any atom is -0.486 e. The van der Waals surface area contributed by atoms with Crippen molar-refractivity contribution in [3.05, 3.63) is 54.6 Å². The van der Waals surface area contributed by atoms with Crippen LogP contribution >= 0.6 is 0 Å². The highest BCUT2D eigenvalue weighted by Gasteiger charge is 2.20. The molecule has 2 aromatic carbocycles. The molecule has 2 rings (SSSR count). The van der Waals surface area contributed by atoms with Crippen LogP contribution in [0, 0.1) is 0 Å². The zero-order valence-electron chi connectivity index (χ0n) is 12.5. The number of hydrogen-bond acceptors (Lipinski definition) is 2. The van der Waals surface area contributed by atoms with Gasteiger partial charge in [0.15, 0.2) is 0 Å². The summed E-state index contributed by atoms with van der Waals surface area (Å²) in [7, 11) is 0. The van der Waals surface area contributed by atoms with Gasteiger partial charge in [0.1, 0.15) is 11.4 Å². The molecule has 0 unspecified atom stereocenters. The van der Waals surface area contributed by atoms with Crippen LogP contribution < -0.4 is 10.1 Å². The quantitative estimate of drug-likeness (QED) is 0.851. The summed E-state index contributed by atoms with van der Waals surface area (Å²) in [5, 5.41) is 3.34. The fourth-order valence-corrected chi connectivity index (χ4v) is 2.17. The summed E-state index contributed by atoms with van der Waals surface area (Å²) in [6.45, 7) is 8.10. The lowest BCUT2D eigenvalue weighted by Gasteiger charge is -2.28. The predicted octanol–water partition coefficient (Wildman–Crippen LogP) is 4.12. The Labute approximate surface area is 121 Å². The smallest absolute Gasteiger partial charge is 0.128 e. The van der Waals surface area contributed by atoms with Gasteiger partial charge in [-0.2, -0.15) is 0 Å². The van der Waals surface area contributed by atoms with E-state index < -0.39 is 0 Å². The van der Waals surface area contributed by atoms with Crippen molar-refractivity contribution in [1.29, 1.82) is 0 Å². The summed E-state index contributed by atoms with van der Waals surface area (Å²) in [6.07, 6.45) is 0. The predicted molar refractivity (Wildman–Crippen MR) is 85.1 cm³/mol. The average Bonchev–Trinajstić information content (AvgIpc) is 2.46. The topological polar surface area (TPSA) is 21.3 Å². The maximum absolute atomic E-state index is 6.23. The van der Waals surface area contributed by atoms with E-state index in [0.29, 0.717) is 0 Å².